The van der Waals surface area contributed by atoms with Crippen LogP contribution in [0.3, 0.4) is 0 Å². The van der Waals surface area contributed by atoms with Gasteiger partial charge in [0.1, 0.15) is 5.69 Å². The Labute approximate surface area is 143 Å². The largest absolute Gasteiger partial charge is 0.347 e. The fourth-order valence-electron chi connectivity index (χ4n) is 2.32. The lowest BCUT2D eigenvalue weighted by molar-refractivity contribution is 0.0953. The van der Waals surface area contributed by atoms with Crippen LogP contribution >= 0.6 is 0 Å². The first-order valence-electron chi connectivity index (χ1n) is 8.06. The minimum atomic E-state index is -0.218. The van der Waals surface area contributed by atoms with Crippen LogP contribution in [-0.2, 0) is 6.54 Å². The Balaban J connectivity index is 2.31. The van der Waals surface area contributed by atoms with E-state index < -0.39 is 0 Å². The first kappa shape index (κ1) is 17.7. The van der Waals surface area contributed by atoms with Gasteiger partial charge in [-0.25, -0.2) is 9.97 Å². The molecular weight excluding hydrogens is 300 g/mol. The first-order valence-corrected chi connectivity index (χ1v) is 8.06. The third-order valence-corrected chi connectivity index (χ3v) is 3.56. The summed E-state index contributed by atoms with van der Waals surface area (Å²) in [5, 5.41) is 2.76. The maximum absolute atomic E-state index is 12.2. The molecule has 24 heavy (non-hydrogen) atoms. The summed E-state index contributed by atoms with van der Waals surface area (Å²) < 4.78 is 0. The van der Waals surface area contributed by atoms with E-state index in [2.05, 4.69) is 52.7 Å². The molecule has 0 spiro atoms. The Hall–Kier alpha value is -2.69. The van der Waals surface area contributed by atoms with Crippen LogP contribution in [-0.4, -0.2) is 28.5 Å². The molecule has 126 valence electrons. The van der Waals surface area contributed by atoms with Crippen molar-refractivity contribution in [3.05, 3.63) is 66.0 Å². The molecule has 1 aromatic carbocycles. The van der Waals surface area contributed by atoms with Gasteiger partial charge in [0.25, 0.3) is 5.91 Å². The van der Waals surface area contributed by atoms with E-state index in [0.717, 1.165) is 5.69 Å². The van der Waals surface area contributed by atoms with Crippen LogP contribution in [0.15, 0.2) is 49.1 Å². The SMILES string of the molecule is C=CCNC(=O)c1cc(C)nc(N(Cc2ccccc2)C(C)C)n1. The zero-order valence-corrected chi connectivity index (χ0v) is 14.5. The highest BCUT2D eigenvalue weighted by molar-refractivity contribution is 5.92. The molecule has 1 amide bonds. The van der Waals surface area contributed by atoms with Gasteiger partial charge < -0.3 is 10.2 Å². The van der Waals surface area contributed by atoms with Crippen molar-refractivity contribution in [3.8, 4) is 0 Å². The predicted octanol–water partition coefficient (Wildman–Crippen LogP) is 3.12. The fourth-order valence-corrected chi connectivity index (χ4v) is 2.32. The van der Waals surface area contributed by atoms with Gasteiger partial charge in [-0.05, 0) is 32.4 Å². The van der Waals surface area contributed by atoms with Crippen LogP contribution in [0.1, 0.15) is 35.6 Å². The topological polar surface area (TPSA) is 58.1 Å². The van der Waals surface area contributed by atoms with Crippen LogP contribution in [0.2, 0.25) is 0 Å². The van der Waals surface area contributed by atoms with E-state index >= 15 is 0 Å². The minimum Gasteiger partial charge on any atom is -0.347 e. The van der Waals surface area contributed by atoms with Crippen LogP contribution in [0, 0.1) is 6.92 Å². The highest BCUT2D eigenvalue weighted by Crippen LogP contribution is 2.17. The quantitative estimate of drug-likeness (QED) is 0.795. The third kappa shape index (κ3) is 4.65. The summed E-state index contributed by atoms with van der Waals surface area (Å²) in [7, 11) is 0. The number of carbonyl (C=O) groups excluding carboxylic acids is 1. The summed E-state index contributed by atoms with van der Waals surface area (Å²) in [5.41, 5.74) is 2.31. The summed E-state index contributed by atoms with van der Waals surface area (Å²) in [6.45, 7) is 10.8. The van der Waals surface area contributed by atoms with Gasteiger partial charge >= 0.3 is 0 Å². The van der Waals surface area contributed by atoms with Gasteiger partial charge in [-0.3, -0.25) is 4.79 Å². The highest BCUT2D eigenvalue weighted by Gasteiger charge is 2.17. The summed E-state index contributed by atoms with van der Waals surface area (Å²) in [6.07, 6.45) is 1.64. The molecule has 0 fully saturated rings. The first-order chi connectivity index (χ1) is 11.5. The summed E-state index contributed by atoms with van der Waals surface area (Å²) in [6, 6.07) is 12.1. The maximum atomic E-state index is 12.2. The molecule has 0 aliphatic rings. The number of aromatic nitrogens is 2. The molecule has 0 radical (unpaired) electrons. The van der Waals surface area contributed by atoms with Crippen LogP contribution in [0.4, 0.5) is 5.95 Å². The van der Waals surface area contributed by atoms with E-state index in [-0.39, 0.29) is 11.9 Å². The van der Waals surface area contributed by atoms with Crippen LogP contribution < -0.4 is 10.2 Å². The number of benzene rings is 1. The predicted molar refractivity (Wildman–Crippen MR) is 97.1 cm³/mol. The number of nitrogens with zero attached hydrogens (tertiary/aromatic N) is 3. The van der Waals surface area contributed by atoms with Crippen molar-refractivity contribution in [2.75, 3.05) is 11.4 Å². The Morgan fingerprint density at radius 1 is 1.29 bits per heavy atom. The van der Waals surface area contributed by atoms with Crippen molar-refractivity contribution in [2.45, 2.75) is 33.4 Å². The van der Waals surface area contributed by atoms with E-state index in [1.807, 2.05) is 25.1 Å². The van der Waals surface area contributed by atoms with Crippen molar-refractivity contribution in [1.82, 2.24) is 15.3 Å². The Kier molecular flexibility index (Phi) is 6.07. The molecule has 0 unspecified atom stereocenters. The average Bonchev–Trinajstić information content (AvgIpc) is 2.57. The molecule has 5 nitrogen and oxygen atoms in total. The maximum Gasteiger partial charge on any atom is 0.270 e. The van der Waals surface area contributed by atoms with Crippen molar-refractivity contribution >= 4 is 11.9 Å². The second-order valence-electron chi connectivity index (χ2n) is 5.90. The minimum absolute atomic E-state index is 0.205. The molecule has 0 saturated heterocycles. The number of carbonyl (C=O) groups is 1. The van der Waals surface area contributed by atoms with E-state index in [4.69, 9.17) is 0 Å². The monoisotopic (exact) mass is 324 g/mol. The number of nitrogens with one attached hydrogen (secondary N) is 1. The van der Waals surface area contributed by atoms with Gasteiger partial charge in [0, 0.05) is 24.8 Å². The standard InChI is InChI=1S/C19H24N4O/c1-5-11-20-18(24)17-12-15(4)21-19(22-17)23(14(2)3)13-16-9-7-6-8-10-16/h5-10,12,14H,1,11,13H2,2-4H3,(H,20,24). The van der Waals surface area contributed by atoms with E-state index in [1.165, 1.54) is 5.56 Å². The molecule has 0 aliphatic carbocycles. The lowest BCUT2D eigenvalue weighted by Crippen LogP contribution is -2.33. The zero-order valence-electron chi connectivity index (χ0n) is 14.5. The molecule has 1 heterocycles. The normalized spacial score (nSPS) is 10.5. The van der Waals surface area contributed by atoms with Gasteiger partial charge in [0.05, 0.1) is 0 Å². The average molecular weight is 324 g/mol. The lowest BCUT2D eigenvalue weighted by Gasteiger charge is -2.27. The number of amides is 1. The molecular formula is C19H24N4O. The second-order valence-corrected chi connectivity index (χ2v) is 5.90. The summed E-state index contributed by atoms with van der Waals surface area (Å²) >= 11 is 0. The molecule has 5 heteroatoms. The molecule has 2 rings (SSSR count). The number of hydrogen-bond acceptors (Lipinski definition) is 4. The van der Waals surface area contributed by atoms with E-state index in [1.54, 1.807) is 12.1 Å². The smallest absolute Gasteiger partial charge is 0.270 e. The third-order valence-electron chi connectivity index (χ3n) is 3.56. The zero-order chi connectivity index (χ0) is 17.5. The van der Waals surface area contributed by atoms with Crippen LogP contribution in [0.25, 0.3) is 0 Å². The molecule has 0 aliphatic heterocycles. The Bertz CT molecular complexity index is 698. The molecule has 2 aromatic rings. The molecule has 0 atom stereocenters. The van der Waals surface area contributed by atoms with Crippen molar-refractivity contribution in [3.63, 3.8) is 0 Å². The van der Waals surface area contributed by atoms with Gasteiger partial charge in [0.15, 0.2) is 0 Å². The van der Waals surface area contributed by atoms with Crippen molar-refractivity contribution in [1.29, 1.82) is 0 Å². The number of hydrogen-bond donors (Lipinski definition) is 1. The van der Waals surface area contributed by atoms with Gasteiger partial charge in [0.2, 0.25) is 5.95 Å². The molecule has 1 N–H and O–H groups in total. The van der Waals surface area contributed by atoms with E-state index in [0.29, 0.717) is 24.7 Å². The molecule has 0 bridgehead atoms. The Morgan fingerprint density at radius 2 is 2.00 bits per heavy atom. The van der Waals surface area contributed by atoms with Gasteiger partial charge in [-0.1, -0.05) is 36.4 Å². The van der Waals surface area contributed by atoms with Gasteiger partial charge in [-0.2, -0.15) is 0 Å². The van der Waals surface area contributed by atoms with Crippen molar-refractivity contribution < 1.29 is 4.79 Å². The van der Waals surface area contributed by atoms with Crippen LogP contribution in [0.5, 0.6) is 0 Å². The van der Waals surface area contributed by atoms with Crippen molar-refractivity contribution in [2.24, 2.45) is 0 Å². The number of aryl methyl sites for hydroxylation is 1. The fraction of sp³-hybridized carbons (Fsp3) is 0.316. The Morgan fingerprint density at radius 3 is 2.62 bits per heavy atom. The lowest BCUT2D eigenvalue weighted by atomic mass is 10.2. The number of rotatable bonds is 7. The highest BCUT2D eigenvalue weighted by atomic mass is 16.1. The second kappa shape index (κ2) is 8.24. The molecule has 1 aromatic heterocycles. The van der Waals surface area contributed by atoms with Gasteiger partial charge in [-0.15, -0.1) is 6.58 Å². The van der Waals surface area contributed by atoms with E-state index in [9.17, 15) is 4.79 Å². The summed E-state index contributed by atoms with van der Waals surface area (Å²) in [5.74, 6) is 0.350. The molecule has 0 saturated carbocycles. The summed E-state index contributed by atoms with van der Waals surface area (Å²) in [4.78, 5) is 23.3. The number of anilines is 1.